The van der Waals surface area contributed by atoms with Crippen LogP contribution < -0.4 is 5.90 Å². The number of hydrogen-bond acceptors (Lipinski definition) is 4. The van der Waals surface area contributed by atoms with Crippen LogP contribution in [0.2, 0.25) is 10.3 Å². The molecule has 94 valence electrons. The molecule has 1 heterocycles. The summed E-state index contributed by atoms with van der Waals surface area (Å²) >= 11 is 11.9. The molecule has 1 unspecified atom stereocenters. The third-order valence-corrected chi connectivity index (χ3v) is 3.09. The highest BCUT2D eigenvalue weighted by Gasteiger charge is 2.19. The Morgan fingerprint density at radius 2 is 2.18 bits per heavy atom. The molecule has 0 fully saturated rings. The first-order chi connectivity index (χ1) is 8.01. The number of hydrogen-bond donors (Lipinski definition) is 1. The molecule has 0 saturated heterocycles. The van der Waals surface area contributed by atoms with Crippen molar-refractivity contribution in [1.29, 1.82) is 0 Å². The smallest absolute Gasteiger partial charge is 0.222 e. The number of nitrogens with zero attached hydrogens (tertiary/aromatic N) is 2. The van der Waals surface area contributed by atoms with Crippen LogP contribution in [0.3, 0.4) is 0 Å². The Morgan fingerprint density at radius 3 is 2.71 bits per heavy atom. The van der Waals surface area contributed by atoms with E-state index < -0.39 is 0 Å². The molecule has 0 saturated carbocycles. The third kappa shape index (κ3) is 3.31. The lowest BCUT2D eigenvalue weighted by molar-refractivity contribution is 0.222. The van der Waals surface area contributed by atoms with E-state index in [1.54, 1.807) is 6.92 Å². The minimum absolute atomic E-state index is 0.148. The Bertz CT molecular complexity index is 435. The monoisotopic (exact) mass is 275 g/mol. The van der Waals surface area contributed by atoms with Crippen LogP contribution in [0.1, 0.15) is 32.9 Å². The second-order valence-electron chi connectivity index (χ2n) is 3.73. The molecule has 0 amide bonds. The van der Waals surface area contributed by atoms with Crippen molar-refractivity contribution in [2.24, 2.45) is 11.8 Å². The van der Waals surface area contributed by atoms with Crippen LogP contribution in [0, 0.1) is 5.92 Å². The van der Waals surface area contributed by atoms with E-state index in [-0.39, 0.29) is 11.2 Å². The van der Waals surface area contributed by atoms with Crippen LogP contribution in [0.25, 0.3) is 5.57 Å². The fourth-order valence-electron chi connectivity index (χ4n) is 1.55. The fourth-order valence-corrected chi connectivity index (χ4v) is 1.88. The molecule has 0 radical (unpaired) electrons. The van der Waals surface area contributed by atoms with Gasteiger partial charge in [-0.3, -0.25) is 0 Å². The molecule has 0 aliphatic heterocycles. The Hall–Kier alpha value is -0.840. The van der Waals surface area contributed by atoms with Gasteiger partial charge in [-0.05, 0) is 30.9 Å². The van der Waals surface area contributed by atoms with Crippen LogP contribution >= 0.6 is 23.2 Å². The van der Waals surface area contributed by atoms with Crippen molar-refractivity contribution < 1.29 is 4.84 Å². The summed E-state index contributed by atoms with van der Waals surface area (Å²) in [4.78, 5) is 12.8. The summed E-state index contributed by atoms with van der Waals surface area (Å²) in [6.45, 7) is 5.88. The maximum atomic E-state index is 6.08. The van der Waals surface area contributed by atoms with Gasteiger partial charge < -0.3 is 4.84 Å². The molecular formula is C11H15Cl2N3O. The van der Waals surface area contributed by atoms with Gasteiger partial charge in [-0.2, -0.15) is 5.90 Å². The average Bonchev–Trinajstić information content (AvgIpc) is 2.33. The Labute approximate surface area is 111 Å². The summed E-state index contributed by atoms with van der Waals surface area (Å²) in [5.74, 6) is 6.00. The van der Waals surface area contributed by atoms with Gasteiger partial charge >= 0.3 is 0 Å². The minimum Gasteiger partial charge on any atom is -0.416 e. The average molecular weight is 276 g/mol. The van der Waals surface area contributed by atoms with Gasteiger partial charge in [0.2, 0.25) is 5.28 Å². The molecule has 0 aliphatic carbocycles. The molecule has 1 rings (SSSR count). The number of rotatable bonds is 4. The second-order valence-corrected chi connectivity index (χ2v) is 4.48. The number of nitrogens with two attached hydrogens (primary N) is 1. The van der Waals surface area contributed by atoms with E-state index in [9.17, 15) is 0 Å². The molecule has 4 nitrogen and oxygen atoms in total. The summed E-state index contributed by atoms with van der Waals surface area (Å²) in [6, 6.07) is 0. The maximum absolute atomic E-state index is 6.08. The molecule has 1 atom stereocenters. The van der Waals surface area contributed by atoms with Gasteiger partial charge in [0.25, 0.3) is 0 Å². The Balaban J connectivity index is 3.37. The van der Waals surface area contributed by atoms with Crippen molar-refractivity contribution in [3.05, 3.63) is 28.0 Å². The molecule has 0 aromatic carbocycles. The second kappa shape index (κ2) is 6.19. The predicted molar refractivity (Wildman–Crippen MR) is 69.4 cm³/mol. The van der Waals surface area contributed by atoms with E-state index >= 15 is 0 Å². The van der Waals surface area contributed by atoms with E-state index in [1.807, 2.05) is 6.92 Å². The third-order valence-electron chi connectivity index (χ3n) is 2.63. The topological polar surface area (TPSA) is 61.0 Å². The van der Waals surface area contributed by atoms with Gasteiger partial charge in [-0.15, -0.1) is 0 Å². The van der Waals surface area contributed by atoms with Crippen LogP contribution in [0.15, 0.2) is 12.0 Å². The standard InChI is InChI=1S/C11H15Cl2N3O/c1-4-6(2)9(7(3)17-14)10-8(12)5-15-11(13)16-10/h5-6H,4,14H2,1-3H3/b9-7+. The van der Waals surface area contributed by atoms with Crippen molar-refractivity contribution in [2.45, 2.75) is 27.2 Å². The first kappa shape index (κ1) is 14.2. The molecule has 1 aromatic rings. The quantitative estimate of drug-likeness (QED) is 0.519. The summed E-state index contributed by atoms with van der Waals surface area (Å²) < 4.78 is 0. The molecule has 6 heteroatoms. The largest absolute Gasteiger partial charge is 0.416 e. The molecule has 0 aliphatic rings. The lowest BCUT2D eigenvalue weighted by atomic mass is 9.94. The van der Waals surface area contributed by atoms with Crippen molar-refractivity contribution in [3.63, 3.8) is 0 Å². The highest BCUT2D eigenvalue weighted by Crippen LogP contribution is 2.32. The molecule has 2 N–H and O–H groups in total. The van der Waals surface area contributed by atoms with Gasteiger partial charge in [-0.25, -0.2) is 9.97 Å². The Kier molecular flexibility index (Phi) is 5.18. The molecule has 0 bridgehead atoms. The summed E-state index contributed by atoms with van der Waals surface area (Å²) in [6.07, 6.45) is 2.38. The van der Waals surface area contributed by atoms with Gasteiger partial charge in [0.1, 0.15) is 5.76 Å². The first-order valence-corrected chi connectivity index (χ1v) is 6.02. The summed E-state index contributed by atoms with van der Waals surface area (Å²) in [7, 11) is 0. The zero-order valence-electron chi connectivity index (χ0n) is 10.00. The zero-order chi connectivity index (χ0) is 13.0. The molecule has 17 heavy (non-hydrogen) atoms. The summed E-state index contributed by atoms with van der Waals surface area (Å²) in [5.41, 5.74) is 1.42. The van der Waals surface area contributed by atoms with Gasteiger partial charge in [-0.1, -0.05) is 25.4 Å². The molecular weight excluding hydrogens is 261 g/mol. The Morgan fingerprint density at radius 1 is 1.53 bits per heavy atom. The van der Waals surface area contributed by atoms with E-state index in [0.717, 1.165) is 12.0 Å². The normalized spacial score (nSPS) is 14.2. The lowest BCUT2D eigenvalue weighted by Gasteiger charge is -2.17. The van der Waals surface area contributed by atoms with Crippen molar-refractivity contribution >= 4 is 28.8 Å². The highest BCUT2D eigenvalue weighted by atomic mass is 35.5. The minimum atomic E-state index is 0.148. The van der Waals surface area contributed by atoms with Gasteiger partial charge in [0.05, 0.1) is 16.9 Å². The SMILES string of the molecule is CCC(C)/C(=C(/C)ON)c1nc(Cl)ncc1Cl. The van der Waals surface area contributed by atoms with E-state index in [2.05, 4.69) is 16.9 Å². The van der Waals surface area contributed by atoms with Crippen LogP contribution in [-0.4, -0.2) is 9.97 Å². The molecule has 0 spiro atoms. The first-order valence-electron chi connectivity index (χ1n) is 5.27. The predicted octanol–water partition coefficient (Wildman–Crippen LogP) is 3.45. The number of allylic oxidation sites excluding steroid dienone is 2. The van der Waals surface area contributed by atoms with Gasteiger partial charge in [0, 0.05) is 5.57 Å². The number of halogens is 2. The van der Waals surface area contributed by atoms with Crippen molar-refractivity contribution in [1.82, 2.24) is 9.97 Å². The van der Waals surface area contributed by atoms with Crippen LogP contribution in [0.5, 0.6) is 0 Å². The zero-order valence-corrected chi connectivity index (χ0v) is 11.5. The highest BCUT2D eigenvalue weighted by molar-refractivity contribution is 6.32. The maximum Gasteiger partial charge on any atom is 0.222 e. The van der Waals surface area contributed by atoms with Crippen molar-refractivity contribution in [3.8, 4) is 0 Å². The van der Waals surface area contributed by atoms with E-state index in [4.69, 9.17) is 33.9 Å². The fraction of sp³-hybridized carbons (Fsp3) is 0.455. The van der Waals surface area contributed by atoms with Crippen molar-refractivity contribution in [2.75, 3.05) is 0 Å². The molecule has 1 aromatic heterocycles. The van der Waals surface area contributed by atoms with Crippen LogP contribution in [0.4, 0.5) is 0 Å². The number of aromatic nitrogens is 2. The lowest BCUT2D eigenvalue weighted by Crippen LogP contribution is -2.08. The van der Waals surface area contributed by atoms with Gasteiger partial charge in [0.15, 0.2) is 0 Å². The van der Waals surface area contributed by atoms with E-state index in [0.29, 0.717) is 16.5 Å². The summed E-state index contributed by atoms with van der Waals surface area (Å²) in [5, 5.41) is 0.580. The van der Waals surface area contributed by atoms with E-state index in [1.165, 1.54) is 6.20 Å². The van der Waals surface area contributed by atoms with Crippen LogP contribution in [-0.2, 0) is 4.84 Å².